The van der Waals surface area contributed by atoms with Crippen LogP contribution in [0, 0.1) is 17.6 Å². The highest BCUT2D eigenvalue weighted by molar-refractivity contribution is 5.78. The van der Waals surface area contributed by atoms with Gasteiger partial charge in [-0.2, -0.15) is 0 Å². The molecule has 0 aliphatic rings. The zero-order chi connectivity index (χ0) is 15.1. The molecule has 0 spiro atoms. The van der Waals surface area contributed by atoms with Crippen molar-refractivity contribution in [1.82, 2.24) is 5.32 Å². The molecule has 20 heavy (non-hydrogen) atoms. The second-order valence-corrected chi connectivity index (χ2v) is 4.55. The minimum Gasteiger partial charge on any atom is -0.481 e. The van der Waals surface area contributed by atoms with Gasteiger partial charge in [0.2, 0.25) is 5.91 Å². The Morgan fingerprint density at radius 3 is 2.40 bits per heavy atom. The maximum atomic E-state index is 13.4. The number of carboxylic acid groups (broad SMARTS) is 1. The smallest absolute Gasteiger partial charge is 0.303 e. The van der Waals surface area contributed by atoms with Gasteiger partial charge in [0, 0.05) is 18.5 Å². The van der Waals surface area contributed by atoms with Crippen LogP contribution in [0.3, 0.4) is 0 Å². The van der Waals surface area contributed by atoms with E-state index in [0.29, 0.717) is 6.42 Å². The Balaban J connectivity index is 2.53. The highest BCUT2D eigenvalue weighted by atomic mass is 19.1. The van der Waals surface area contributed by atoms with Gasteiger partial charge < -0.3 is 10.4 Å². The van der Waals surface area contributed by atoms with Gasteiger partial charge in [0.1, 0.15) is 11.6 Å². The summed E-state index contributed by atoms with van der Waals surface area (Å²) in [5, 5.41) is 11.2. The van der Waals surface area contributed by atoms with E-state index in [4.69, 9.17) is 5.11 Å². The molecule has 2 N–H and O–H groups in total. The second-order valence-electron chi connectivity index (χ2n) is 4.55. The van der Waals surface area contributed by atoms with E-state index in [1.807, 2.05) is 6.92 Å². The molecular weight excluding hydrogens is 268 g/mol. The fourth-order valence-electron chi connectivity index (χ4n) is 1.79. The molecule has 0 heterocycles. The monoisotopic (exact) mass is 285 g/mol. The molecule has 0 radical (unpaired) electrons. The lowest BCUT2D eigenvalue weighted by Crippen LogP contribution is -2.31. The van der Waals surface area contributed by atoms with Crippen molar-refractivity contribution >= 4 is 11.9 Å². The number of benzene rings is 1. The van der Waals surface area contributed by atoms with Crippen molar-refractivity contribution in [2.75, 3.05) is 6.54 Å². The number of amides is 1. The van der Waals surface area contributed by atoms with E-state index in [0.717, 1.165) is 12.1 Å². The quantitative estimate of drug-likeness (QED) is 0.806. The number of carbonyl (C=O) groups is 2. The molecule has 110 valence electrons. The highest BCUT2D eigenvalue weighted by Gasteiger charge is 2.15. The molecule has 1 atom stereocenters. The molecule has 0 saturated carbocycles. The summed E-state index contributed by atoms with van der Waals surface area (Å²) in [6, 6.07) is 3.40. The lowest BCUT2D eigenvalue weighted by molar-refractivity contribution is -0.138. The number of carbonyl (C=O) groups excluding carboxylic acids is 1. The standard InChI is InChI=1S/C14H17F2NO3/c1-2-9(6-14(19)20)8-17-13(18)7-10-11(15)4-3-5-12(10)16/h3-5,9H,2,6-8H2,1H3,(H,17,18)(H,19,20). The third kappa shape index (κ3) is 4.95. The molecule has 1 aromatic rings. The molecule has 6 heteroatoms. The second kappa shape index (κ2) is 7.57. The van der Waals surface area contributed by atoms with Crippen LogP contribution in [0.25, 0.3) is 0 Å². The summed E-state index contributed by atoms with van der Waals surface area (Å²) in [5.74, 6) is -3.19. The van der Waals surface area contributed by atoms with Crippen molar-refractivity contribution in [3.63, 3.8) is 0 Å². The summed E-state index contributed by atoms with van der Waals surface area (Å²) in [7, 11) is 0. The zero-order valence-electron chi connectivity index (χ0n) is 11.2. The predicted octanol–water partition coefficient (Wildman–Crippen LogP) is 2.12. The summed E-state index contributed by atoms with van der Waals surface area (Å²) in [5.41, 5.74) is -0.281. The first-order valence-corrected chi connectivity index (χ1v) is 6.35. The number of hydrogen-bond acceptors (Lipinski definition) is 2. The molecule has 0 aliphatic carbocycles. The fraction of sp³-hybridized carbons (Fsp3) is 0.429. The van der Waals surface area contributed by atoms with Crippen LogP contribution in [0.15, 0.2) is 18.2 Å². The van der Waals surface area contributed by atoms with Gasteiger partial charge >= 0.3 is 5.97 Å². The van der Waals surface area contributed by atoms with Crippen LogP contribution in [-0.2, 0) is 16.0 Å². The minimum atomic E-state index is -0.939. The average molecular weight is 285 g/mol. The Labute approximate surface area is 115 Å². The predicted molar refractivity (Wildman–Crippen MR) is 69.1 cm³/mol. The van der Waals surface area contributed by atoms with Crippen molar-refractivity contribution in [2.24, 2.45) is 5.92 Å². The lowest BCUT2D eigenvalue weighted by atomic mass is 10.0. The van der Waals surface area contributed by atoms with E-state index in [2.05, 4.69) is 5.32 Å². The first-order chi connectivity index (χ1) is 9.43. The fourth-order valence-corrected chi connectivity index (χ4v) is 1.79. The number of hydrogen-bond donors (Lipinski definition) is 2. The number of rotatable bonds is 7. The normalized spacial score (nSPS) is 11.9. The van der Waals surface area contributed by atoms with Crippen LogP contribution in [0.4, 0.5) is 8.78 Å². The molecular formula is C14H17F2NO3. The number of carboxylic acids is 1. The van der Waals surface area contributed by atoms with Crippen LogP contribution in [-0.4, -0.2) is 23.5 Å². The SMILES string of the molecule is CCC(CNC(=O)Cc1c(F)cccc1F)CC(=O)O. The van der Waals surface area contributed by atoms with Gasteiger partial charge in [0.15, 0.2) is 0 Å². The molecule has 1 aromatic carbocycles. The van der Waals surface area contributed by atoms with Crippen LogP contribution in [0.1, 0.15) is 25.3 Å². The maximum absolute atomic E-state index is 13.4. The van der Waals surface area contributed by atoms with E-state index in [9.17, 15) is 18.4 Å². The molecule has 0 aromatic heterocycles. The van der Waals surface area contributed by atoms with Gasteiger partial charge in [-0.15, -0.1) is 0 Å². The van der Waals surface area contributed by atoms with Gasteiger partial charge in [0.25, 0.3) is 0 Å². The number of nitrogens with one attached hydrogen (secondary N) is 1. The van der Waals surface area contributed by atoms with Crippen molar-refractivity contribution in [1.29, 1.82) is 0 Å². The third-order valence-electron chi connectivity index (χ3n) is 3.03. The molecule has 4 nitrogen and oxygen atoms in total. The van der Waals surface area contributed by atoms with Crippen LogP contribution in [0.5, 0.6) is 0 Å². The van der Waals surface area contributed by atoms with Crippen LogP contribution >= 0.6 is 0 Å². The molecule has 1 amide bonds. The Hall–Kier alpha value is -1.98. The number of halogens is 2. The molecule has 0 saturated heterocycles. The lowest BCUT2D eigenvalue weighted by Gasteiger charge is -2.13. The third-order valence-corrected chi connectivity index (χ3v) is 3.03. The van der Waals surface area contributed by atoms with E-state index in [1.54, 1.807) is 0 Å². The van der Waals surface area contributed by atoms with E-state index >= 15 is 0 Å². The molecule has 1 unspecified atom stereocenters. The van der Waals surface area contributed by atoms with Crippen molar-refractivity contribution in [2.45, 2.75) is 26.2 Å². The van der Waals surface area contributed by atoms with Crippen LogP contribution in [0.2, 0.25) is 0 Å². The van der Waals surface area contributed by atoms with Crippen molar-refractivity contribution in [3.05, 3.63) is 35.4 Å². The molecule has 0 bridgehead atoms. The van der Waals surface area contributed by atoms with Gasteiger partial charge in [-0.3, -0.25) is 9.59 Å². The Bertz CT molecular complexity index is 471. The van der Waals surface area contributed by atoms with Crippen molar-refractivity contribution < 1.29 is 23.5 Å². The topological polar surface area (TPSA) is 66.4 Å². The maximum Gasteiger partial charge on any atom is 0.303 e. The molecule has 0 aliphatic heterocycles. The Morgan fingerprint density at radius 1 is 1.30 bits per heavy atom. The summed E-state index contributed by atoms with van der Waals surface area (Å²) in [4.78, 5) is 22.2. The highest BCUT2D eigenvalue weighted by Crippen LogP contribution is 2.13. The van der Waals surface area contributed by atoms with Crippen LogP contribution < -0.4 is 5.32 Å². The van der Waals surface area contributed by atoms with E-state index in [1.165, 1.54) is 6.07 Å². The average Bonchev–Trinajstić information content (AvgIpc) is 2.38. The van der Waals surface area contributed by atoms with Crippen molar-refractivity contribution in [3.8, 4) is 0 Å². The number of aliphatic carboxylic acids is 1. The first-order valence-electron chi connectivity index (χ1n) is 6.35. The summed E-state index contributed by atoms with van der Waals surface area (Å²) in [6.07, 6.45) is 0.146. The molecule has 1 rings (SSSR count). The van der Waals surface area contributed by atoms with E-state index in [-0.39, 0.29) is 24.4 Å². The van der Waals surface area contributed by atoms with Gasteiger partial charge in [0.05, 0.1) is 6.42 Å². The zero-order valence-corrected chi connectivity index (χ0v) is 11.2. The van der Waals surface area contributed by atoms with Gasteiger partial charge in [-0.25, -0.2) is 8.78 Å². The Kier molecular flexibility index (Phi) is 6.09. The van der Waals surface area contributed by atoms with E-state index < -0.39 is 29.9 Å². The summed E-state index contributed by atoms with van der Waals surface area (Å²) < 4.78 is 26.7. The largest absolute Gasteiger partial charge is 0.481 e. The van der Waals surface area contributed by atoms with Gasteiger partial charge in [-0.05, 0) is 18.1 Å². The van der Waals surface area contributed by atoms with Gasteiger partial charge in [-0.1, -0.05) is 19.4 Å². The first kappa shape index (κ1) is 16.1. The molecule has 0 fully saturated rings. The minimum absolute atomic E-state index is 0.0508. The summed E-state index contributed by atoms with van der Waals surface area (Å²) >= 11 is 0. The summed E-state index contributed by atoms with van der Waals surface area (Å²) in [6.45, 7) is 1.99. The Morgan fingerprint density at radius 2 is 1.90 bits per heavy atom.